The maximum Gasteiger partial charge on any atom is 0.120 e. The third-order valence-electron chi connectivity index (χ3n) is 2.62. The van der Waals surface area contributed by atoms with Crippen LogP contribution in [-0.2, 0) is 0 Å². The largest absolute Gasteiger partial charge is 0.489 e. The van der Waals surface area contributed by atoms with Gasteiger partial charge in [-0.05, 0) is 29.0 Å². The highest BCUT2D eigenvalue weighted by molar-refractivity contribution is 9.10. The lowest BCUT2D eigenvalue weighted by atomic mass is 9.74. The Morgan fingerprint density at radius 3 is 1.94 bits per heavy atom. The summed E-state index contributed by atoms with van der Waals surface area (Å²) in [6.45, 7) is 13.3. The van der Waals surface area contributed by atoms with Crippen LogP contribution in [0.25, 0.3) is 0 Å². The van der Waals surface area contributed by atoms with Gasteiger partial charge in [-0.1, -0.05) is 63.5 Å². The van der Waals surface area contributed by atoms with Crippen molar-refractivity contribution in [1.29, 1.82) is 0 Å². The van der Waals surface area contributed by atoms with E-state index in [-0.39, 0.29) is 16.9 Å². The standard InChI is InChI=1S/C15H23BrO/c1-14(2,3)13(15(4,5)6)17-12-9-7-8-11(16)10-12/h7-10,13H,1-6H3. The van der Waals surface area contributed by atoms with Crippen LogP contribution in [0.1, 0.15) is 41.5 Å². The Morgan fingerprint density at radius 1 is 1.00 bits per heavy atom. The van der Waals surface area contributed by atoms with Crippen LogP contribution in [0.3, 0.4) is 0 Å². The molecule has 1 nitrogen and oxygen atoms in total. The zero-order valence-corrected chi connectivity index (χ0v) is 13.3. The van der Waals surface area contributed by atoms with Crippen LogP contribution in [0, 0.1) is 10.8 Å². The van der Waals surface area contributed by atoms with Crippen LogP contribution in [0.5, 0.6) is 5.75 Å². The summed E-state index contributed by atoms with van der Waals surface area (Å²) in [5, 5.41) is 0. The molecule has 17 heavy (non-hydrogen) atoms. The van der Waals surface area contributed by atoms with E-state index >= 15 is 0 Å². The summed E-state index contributed by atoms with van der Waals surface area (Å²) >= 11 is 3.47. The monoisotopic (exact) mass is 298 g/mol. The Bertz CT molecular complexity index is 357. The van der Waals surface area contributed by atoms with Crippen molar-refractivity contribution in [2.24, 2.45) is 10.8 Å². The molecule has 0 unspecified atom stereocenters. The molecular formula is C15H23BrO. The van der Waals surface area contributed by atoms with Crippen molar-refractivity contribution in [2.75, 3.05) is 0 Å². The highest BCUT2D eigenvalue weighted by Crippen LogP contribution is 2.37. The van der Waals surface area contributed by atoms with Crippen LogP contribution >= 0.6 is 15.9 Å². The third kappa shape index (κ3) is 4.34. The van der Waals surface area contributed by atoms with Crippen LogP contribution in [0.4, 0.5) is 0 Å². The summed E-state index contributed by atoms with van der Waals surface area (Å²) in [6.07, 6.45) is 0.171. The number of hydrogen-bond acceptors (Lipinski definition) is 1. The first-order chi connectivity index (χ1) is 7.60. The predicted octanol–water partition coefficient (Wildman–Crippen LogP) is 5.29. The van der Waals surface area contributed by atoms with E-state index in [1.165, 1.54) is 0 Å². The minimum absolute atomic E-state index is 0.112. The van der Waals surface area contributed by atoms with E-state index in [0.29, 0.717) is 0 Å². The Morgan fingerprint density at radius 2 is 1.53 bits per heavy atom. The molecule has 0 spiro atoms. The van der Waals surface area contributed by atoms with Crippen molar-refractivity contribution >= 4 is 15.9 Å². The average molecular weight is 299 g/mol. The second kappa shape index (κ2) is 5.01. The number of rotatable bonds is 2. The zero-order chi connectivity index (χ0) is 13.3. The Hall–Kier alpha value is -0.500. The highest BCUT2D eigenvalue weighted by Gasteiger charge is 2.36. The molecule has 0 heterocycles. The maximum absolute atomic E-state index is 6.19. The lowest BCUT2D eigenvalue weighted by Gasteiger charge is -2.40. The van der Waals surface area contributed by atoms with E-state index in [4.69, 9.17) is 4.74 Å². The average Bonchev–Trinajstić information content (AvgIpc) is 2.10. The van der Waals surface area contributed by atoms with E-state index < -0.39 is 0 Å². The summed E-state index contributed by atoms with van der Waals surface area (Å²) < 4.78 is 7.25. The molecule has 0 aromatic heterocycles. The van der Waals surface area contributed by atoms with Crippen LogP contribution < -0.4 is 4.74 Å². The van der Waals surface area contributed by atoms with Gasteiger partial charge in [-0.15, -0.1) is 0 Å². The fourth-order valence-electron chi connectivity index (χ4n) is 2.33. The van der Waals surface area contributed by atoms with Crippen LogP contribution in [-0.4, -0.2) is 6.10 Å². The fourth-order valence-corrected chi connectivity index (χ4v) is 2.71. The first kappa shape index (κ1) is 14.6. The fraction of sp³-hybridized carbons (Fsp3) is 0.600. The topological polar surface area (TPSA) is 9.23 Å². The molecule has 2 heteroatoms. The summed E-state index contributed by atoms with van der Waals surface area (Å²) in [5.74, 6) is 0.925. The lowest BCUT2D eigenvalue weighted by molar-refractivity contribution is -0.00173. The maximum atomic E-state index is 6.19. The third-order valence-corrected chi connectivity index (χ3v) is 3.12. The number of ether oxygens (including phenoxy) is 1. The van der Waals surface area contributed by atoms with Crippen molar-refractivity contribution in [3.63, 3.8) is 0 Å². The highest BCUT2D eigenvalue weighted by atomic mass is 79.9. The van der Waals surface area contributed by atoms with E-state index in [1.807, 2.05) is 24.3 Å². The quantitative estimate of drug-likeness (QED) is 0.721. The zero-order valence-electron chi connectivity index (χ0n) is 11.7. The molecule has 0 radical (unpaired) electrons. The van der Waals surface area contributed by atoms with Crippen LogP contribution in [0.15, 0.2) is 28.7 Å². The summed E-state index contributed by atoms with van der Waals surface area (Å²) in [5.41, 5.74) is 0.223. The molecule has 1 aromatic rings. The molecular weight excluding hydrogens is 276 g/mol. The van der Waals surface area contributed by atoms with Gasteiger partial charge < -0.3 is 4.74 Å². The molecule has 0 saturated carbocycles. The van der Waals surface area contributed by atoms with Crippen molar-refractivity contribution in [1.82, 2.24) is 0 Å². The molecule has 0 bridgehead atoms. The molecule has 0 atom stereocenters. The molecule has 0 fully saturated rings. The van der Waals surface area contributed by atoms with Gasteiger partial charge in [-0.25, -0.2) is 0 Å². The molecule has 0 aliphatic rings. The van der Waals surface area contributed by atoms with Crippen LogP contribution in [0.2, 0.25) is 0 Å². The van der Waals surface area contributed by atoms with Gasteiger partial charge >= 0.3 is 0 Å². The minimum Gasteiger partial charge on any atom is -0.489 e. The molecule has 1 rings (SSSR count). The molecule has 0 saturated heterocycles. The molecule has 0 aliphatic heterocycles. The van der Waals surface area contributed by atoms with Gasteiger partial charge in [0.1, 0.15) is 11.9 Å². The van der Waals surface area contributed by atoms with Gasteiger partial charge in [-0.2, -0.15) is 0 Å². The van der Waals surface area contributed by atoms with E-state index in [9.17, 15) is 0 Å². The van der Waals surface area contributed by atoms with Crippen molar-refractivity contribution in [3.05, 3.63) is 28.7 Å². The van der Waals surface area contributed by atoms with E-state index in [2.05, 4.69) is 57.5 Å². The molecule has 0 amide bonds. The lowest BCUT2D eigenvalue weighted by Crippen LogP contribution is -2.42. The smallest absolute Gasteiger partial charge is 0.120 e. The number of halogens is 1. The Labute approximate surface area is 114 Å². The van der Waals surface area contributed by atoms with Gasteiger partial charge in [0.2, 0.25) is 0 Å². The SMILES string of the molecule is CC(C)(C)C(Oc1cccc(Br)c1)C(C)(C)C. The van der Waals surface area contributed by atoms with E-state index in [0.717, 1.165) is 10.2 Å². The van der Waals surface area contributed by atoms with E-state index in [1.54, 1.807) is 0 Å². The first-order valence-corrected chi connectivity index (χ1v) is 6.82. The molecule has 96 valence electrons. The second-order valence-corrected chi connectivity index (χ2v) is 7.60. The van der Waals surface area contributed by atoms with Gasteiger partial charge in [0.25, 0.3) is 0 Å². The van der Waals surface area contributed by atoms with Gasteiger partial charge in [0, 0.05) is 4.47 Å². The Balaban J connectivity index is 2.96. The molecule has 1 aromatic carbocycles. The van der Waals surface area contributed by atoms with Gasteiger partial charge in [0.05, 0.1) is 0 Å². The van der Waals surface area contributed by atoms with Gasteiger partial charge in [0.15, 0.2) is 0 Å². The second-order valence-electron chi connectivity index (χ2n) is 6.69. The first-order valence-electron chi connectivity index (χ1n) is 6.03. The normalized spacial score (nSPS) is 12.9. The summed E-state index contributed by atoms with van der Waals surface area (Å²) in [7, 11) is 0. The van der Waals surface area contributed by atoms with Crippen molar-refractivity contribution in [3.8, 4) is 5.75 Å². The minimum atomic E-state index is 0.112. The molecule has 0 N–H and O–H groups in total. The number of hydrogen-bond donors (Lipinski definition) is 0. The van der Waals surface area contributed by atoms with Crippen molar-refractivity contribution < 1.29 is 4.74 Å². The summed E-state index contributed by atoms with van der Waals surface area (Å²) in [6, 6.07) is 8.04. The van der Waals surface area contributed by atoms with Crippen molar-refractivity contribution in [2.45, 2.75) is 47.6 Å². The van der Waals surface area contributed by atoms with Gasteiger partial charge in [-0.3, -0.25) is 0 Å². The Kier molecular flexibility index (Phi) is 4.29. The number of benzene rings is 1. The summed E-state index contributed by atoms with van der Waals surface area (Å²) in [4.78, 5) is 0. The predicted molar refractivity (Wildman–Crippen MR) is 77.5 cm³/mol. The molecule has 0 aliphatic carbocycles.